The van der Waals surface area contributed by atoms with Gasteiger partial charge in [0.2, 0.25) is 0 Å². The van der Waals surface area contributed by atoms with E-state index in [9.17, 15) is 9.90 Å². The Bertz CT molecular complexity index is 335. The minimum atomic E-state index is -0.671. The van der Waals surface area contributed by atoms with Gasteiger partial charge >= 0.3 is 6.09 Å². The highest BCUT2D eigenvalue weighted by Crippen LogP contribution is 2.51. The lowest BCUT2D eigenvalue weighted by Crippen LogP contribution is -2.74. The Labute approximate surface area is 115 Å². The average molecular weight is 273 g/mol. The number of aliphatic hydroxyl groups excluding tert-OH is 1. The summed E-state index contributed by atoms with van der Waals surface area (Å²) in [6, 6.07) is 0. The highest BCUT2D eigenvalue weighted by atomic mass is 16.6. The quantitative estimate of drug-likeness (QED) is 0.823. The molecule has 5 nitrogen and oxygen atoms in total. The minimum absolute atomic E-state index is 0.0413. The highest BCUT2D eigenvalue weighted by molar-refractivity contribution is 5.69. The number of rotatable bonds is 4. The van der Waals surface area contributed by atoms with Gasteiger partial charge in [0.15, 0.2) is 0 Å². The molecule has 1 rings (SSSR count). The van der Waals surface area contributed by atoms with Gasteiger partial charge in [-0.25, -0.2) is 4.79 Å². The van der Waals surface area contributed by atoms with Crippen LogP contribution in [0.25, 0.3) is 0 Å². The van der Waals surface area contributed by atoms with E-state index in [4.69, 9.17) is 9.47 Å². The molecule has 0 heterocycles. The van der Waals surface area contributed by atoms with Gasteiger partial charge in [-0.3, -0.25) is 0 Å². The number of carbonyl (C=O) groups is 1. The van der Waals surface area contributed by atoms with Crippen molar-refractivity contribution >= 4 is 6.09 Å². The number of hydrogen-bond acceptors (Lipinski definition) is 4. The molecule has 19 heavy (non-hydrogen) atoms. The van der Waals surface area contributed by atoms with Crippen molar-refractivity contribution in [1.29, 1.82) is 0 Å². The van der Waals surface area contributed by atoms with Crippen LogP contribution in [0.3, 0.4) is 0 Å². The number of carbonyl (C=O) groups excluding carboxylic acids is 1. The molecule has 1 saturated carbocycles. The van der Waals surface area contributed by atoms with Crippen molar-refractivity contribution in [3.05, 3.63) is 0 Å². The molecule has 0 aromatic heterocycles. The van der Waals surface area contributed by atoms with Crippen LogP contribution in [0.5, 0.6) is 0 Å². The van der Waals surface area contributed by atoms with E-state index in [-0.39, 0.29) is 18.1 Å². The highest BCUT2D eigenvalue weighted by Gasteiger charge is 2.61. The van der Waals surface area contributed by atoms with Gasteiger partial charge in [0.1, 0.15) is 5.60 Å². The van der Waals surface area contributed by atoms with Gasteiger partial charge in [-0.2, -0.15) is 0 Å². The maximum Gasteiger partial charge on any atom is 0.408 e. The maximum absolute atomic E-state index is 11.9. The van der Waals surface area contributed by atoms with Crippen molar-refractivity contribution in [1.82, 2.24) is 5.32 Å². The summed E-state index contributed by atoms with van der Waals surface area (Å²) in [5.74, 6) is 0. The smallest absolute Gasteiger partial charge is 0.408 e. The van der Waals surface area contributed by atoms with E-state index in [1.807, 2.05) is 41.5 Å². The molecule has 1 aliphatic rings. The average Bonchev–Trinajstić information content (AvgIpc) is 2.24. The Kier molecular flexibility index (Phi) is 4.52. The summed E-state index contributed by atoms with van der Waals surface area (Å²) in [6.45, 7) is 11.9. The van der Waals surface area contributed by atoms with Gasteiger partial charge in [-0.15, -0.1) is 0 Å². The number of hydrogen-bond donors (Lipinski definition) is 2. The van der Waals surface area contributed by atoms with Gasteiger partial charge in [-0.1, -0.05) is 13.8 Å². The molecule has 0 aromatic rings. The van der Waals surface area contributed by atoms with Crippen LogP contribution < -0.4 is 5.32 Å². The fourth-order valence-corrected chi connectivity index (χ4v) is 2.50. The summed E-state index contributed by atoms with van der Waals surface area (Å²) < 4.78 is 10.9. The molecule has 0 spiro atoms. The molecule has 112 valence electrons. The van der Waals surface area contributed by atoms with Gasteiger partial charge < -0.3 is 19.9 Å². The largest absolute Gasteiger partial charge is 0.444 e. The Morgan fingerprint density at radius 1 is 1.42 bits per heavy atom. The van der Waals surface area contributed by atoms with Gasteiger partial charge in [0.05, 0.1) is 18.2 Å². The summed E-state index contributed by atoms with van der Waals surface area (Å²) in [4.78, 5) is 11.9. The zero-order chi connectivity index (χ0) is 14.9. The maximum atomic E-state index is 11.9. The third kappa shape index (κ3) is 3.20. The Morgan fingerprint density at radius 3 is 2.37 bits per heavy atom. The van der Waals surface area contributed by atoms with Crippen LogP contribution in [0.1, 0.15) is 48.0 Å². The van der Waals surface area contributed by atoms with E-state index in [1.165, 1.54) is 0 Å². The molecule has 1 aliphatic carbocycles. The van der Waals surface area contributed by atoms with E-state index >= 15 is 0 Å². The van der Waals surface area contributed by atoms with Crippen molar-refractivity contribution in [3.63, 3.8) is 0 Å². The molecule has 2 atom stereocenters. The van der Waals surface area contributed by atoms with Crippen molar-refractivity contribution in [3.8, 4) is 0 Å². The normalized spacial score (nSPS) is 29.5. The third-order valence-corrected chi connectivity index (χ3v) is 3.95. The summed E-state index contributed by atoms with van der Waals surface area (Å²) in [5, 5.41) is 12.5. The first-order valence-electron chi connectivity index (χ1n) is 6.81. The molecule has 0 aromatic carbocycles. The molecule has 1 fully saturated rings. The zero-order valence-corrected chi connectivity index (χ0v) is 12.9. The lowest BCUT2D eigenvalue weighted by molar-refractivity contribution is -0.175. The molecule has 2 N–H and O–H groups in total. The van der Waals surface area contributed by atoms with Crippen molar-refractivity contribution < 1.29 is 19.4 Å². The van der Waals surface area contributed by atoms with Gasteiger partial charge in [0, 0.05) is 18.4 Å². The predicted molar refractivity (Wildman–Crippen MR) is 73.0 cm³/mol. The van der Waals surface area contributed by atoms with Crippen molar-refractivity contribution in [2.45, 2.75) is 65.2 Å². The number of alkyl carbamates (subject to hydrolysis) is 1. The summed E-state index contributed by atoms with van der Waals surface area (Å²) >= 11 is 0. The van der Waals surface area contributed by atoms with Gasteiger partial charge in [0.25, 0.3) is 0 Å². The molecule has 0 saturated heterocycles. The predicted octanol–water partition coefficient (Wildman–Crippen LogP) is 2.08. The van der Waals surface area contributed by atoms with Crippen molar-refractivity contribution in [2.75, 3.05) is 13.2 Å². The van der Waals surface area contributed by atoms with Crippen LogP contribution in [-0.4, -0.2) is 41.7 Å². The fraction of sp³-hybridized carbons (Fsp3) is 0.929. The van der Waals surface area contributed by atoms with Crippen molar-refractivity contribution in [2.24, 2.45) is 5.41 Å². The molecule has 1 amide bonds. The van der Waals surface area contributed by atoms with Crippen LogP contribution in [-0.2, 0) is 9.47 Å². The summed E-state index contributed by atoms with van der Waals surface area (Å²) in [6.07, 6.45) is 0.146. The second kappa shape index (κ2) is 5.29. The molecular weight excluding hydrogens is 246 g/mol. The lowest BCUT2D eigenvalue weighted by Gasteiger charge is -2.60. The Balaban J connectivity index is 2.71. The Morgan fingerprint density at radius 2 is 2.00 bits per heavy atom. The number of amides is 1. The van der Waals surface area contributed by atoms with E-state index in [0.29, 0.717) is 13.0 Å². The van der Waals surface area contributed by atoms with Crippen LogP contribution in [0, 0.1) is 5.41 Å². The first kappa shape index (κ1) is 16.2. The van der Waals surface area contributed by atoms with E-state index < -0.39 is 17.2 Å². The molecule has 0 radical (unpaired) electrons. The zero-order valence-electron chi connectivity index (χ0n) is 12.9. The summed E-state index contributed by atoms with van der Waals surface area (Å²) in [5.41, 5.74) is -1.54. The van der Waals surface area contributed by atoms with Gasteiger partial charge in [-0.05, 0) is 27.7 Å². The van der Waals surface area contributed by atoms with Crippen LogP contribution >= 0.6 is 0 Å². The van der Waals surface area contributed by atoms with E-state index in [0.717, 1.165) is 0 Å². The number of aliphatic hydroxyl groups is 1. The second-order valence-corrected chi connectivity index (χ2v) is 6.74. The van der Waals surface area contributed by atoms with E-state index in [2.05, 4.69) is 5.32 Å². The minimum Gasteiger partial charge on any atom is -0.444 e. The third-order valence-electron chi connectivity index (χ3n) is 3.95. The topological polar surface area (TPSA) is 67.8 Å². The number of ether oxygens (including phenoxy) is 2. The van der Waals surface area contributed by atoms with E-state index in [1.54, 1.807) is 0 Å². The number of nitrogens with one attached hydrogen (secondary N) is 1. The molecule has 2 unspecified atom stereocenters. The monoisotopic (exact) mass is 273 g/mol. The fourth-order valence-electron chi connectivity index (χ4n) is 2.50. The van der Waals surface area contributed by atoms with Crippen LogP contribution in [0.4, 0.5) is 4.79 Å². The lowest BCUT2D eigenvalue weighted by atomic mass is 9.54. The molecule has 0 bridgehead atoms. The molecular formula is C14H27NO4. The molecule has 5 heteroatoms. The standard InChI is InChI=1S/C14H27NO4/c1-7-18-10-8-14(9-16,13(10,5)6)15-11(17)19-12(2,3)4/h10,16H,7-9H2,1-6H3,(H,15,17). The molecule has 0 aliphatic heterocycles. The first-order valence-corrected chi connectivity index (χ1v) is 6.81. The Hall–Kier alpha value is -0.810. The van der Waals surface area contributed by atoms with Crippen LogP contribution in [0.2, 0.25) is 0 Å². The second-order valence-electron chi connectivity index (χ2n) is 6.74. The summed E-state index contributed by atoms with van der Waals surface area (Å²) in [7, 11) is 0. The van der Waals surface area contributed by atoms with Crippen LogP contribution in [0.15, 0.2) is 0 Å². The SMILES string of the molecule is CCOC1CC(CO)(NC(=O)OC(C)(C)C)C1(C)C. The first-order chi connectivity index (χ1) is 8.58.